The number of ether oxygens (including phenoxy) is 1. The molecule has 3 rings (SSSR count). The fourth-order valence-electron chi connectivity index (χ4n) is 2.47. The summed E-state index contributed by atoms with van der Waals surface area (Å²) in [6.45, 7) is 0.697. The van der Waals surface area contributed by atoms with E-state index in [9.17, 15) is 4.79 Å². The molecular weight excluding hydrogens is 287 g/mol. The second kappa shape index (κ2) is 5.27. The van der Waals surface area contributed by atoms with Gasteiger partial charge in [0.1, 0.15) is 10.8 Å². The molecule has 6 heteroatoms. The second-order valence-electron chi connectivity index (χ2n) is 5.01. The normalized spacial score (nSPS) is 26.4. The molecule has 0 spiro atoms. The van der Waals surface area contributed by atoms with Crippen molar-refractivity contribution < 1.29 is 9.53 Å². The lowest BCUT2D eigenvalue weighted by molar-refractivity contribution is 0.0727. The maximum atomic E-state index is 12.2. The van der Waals surface area contributed by atoms with Crippen molar-refractivity contribution in [1.29, 1.82) is 0 Å². The first kappa shape index (κ1) is 13.2. The first-order valence-electron chi connectivity index (χ1n) is 6.39. The minimum absolute atomic E-state index is 0.0526. The van der Waals surface area contributed by atoms with Crippen LogP contribution in [-0.4, -0.2) is 29.6 Å². The van der Waals surface area contributed by atoms with E-state index in [4.69, 9.17) is 27.9 Å². The maximum Gasteiger partial charge on any atom is 0.271 e. The molecule has 0 aromatic carbocycles. The average molecular weight is 301 g/mol. The Morgan fingerprint density at radius 3 is 2.84 bits per heavy atom. The SMILES string of the molecule is O=C(NC1CCOC1C1CC1)c1nc(Cl)ccc1Cl. The van der Waals surface area contributed by atoms with Crippen molar-refractivity contribution in [3.63, 3.8) is 0 Å². The summed E-state index contributed by atoms with van der Waals surface area (Å²) in [4.78, 5) is 16.2. The van der Waals surface area contributed by atoms with Gasteiger partial charge in [0, 0.05) is 6.61 Å². The highest BCUT2D eigenvalue weighted by Gasteiger charge is 2.41. The number of carbonyl (C=O) groups is 1. The Morgan fingerprint density at radius 1 is 1.32 bits per heavy atom. The molecule has 1 N–H and O–H groups in total. The molecule has 19 heavy (non-hydrogen) atoms. The number of carbonyl (C=O) groups excluding carboxylic acids is 1. The van der Waals surface area contributed by atoms with Crippen LogP contribution in [0.15, 0.2) is 12.1 Å². The lowest BCUT2D eigenvalue weighted by atomic mass is 10.1. The molecule has 1 aliphatic carbocycles. The summed E-state index contributed by atoms with van der Waals surface area (Å²) < 4.78 is 5.69. The molecule has 1 aromatic heterocycles. The molecule has 4 nitrogen and oxygen atoms in total. The highest BCUT2D eigenvalue weighted by atomic mass is 35.5. The lowest BCUT2D eigenvalue weighted by Crippen LogP contribution is -2.41. The van der Waals surface area contributed by atoms with Crippen molar-refractivity contribution in [2.75, 3.05) is 6.61 Å². The van der Waals surface area contributed by atoms with Crippen LogP contribution in [0.4, 0.5) is 0 Å². The Kier molecular flexibility index (Phi) is 3.65. The van der Waals surface area contributed by atoms with Crippen molar-refractivity contribution in [3.05, 3.63) is 28.0 Å². The van der Waals surface area contributed by atoms with E-state index >= 15 is 0 Å². The Balaban J connectivity index is 1.72. The van der Waals surface area contributed by atoms with Gasteiger partial charge in [-0.25, -0.2) is 4.98 Å². The fourth-order valence-corrected chi connectivity index (χ4v) is 2.81. The third-order valence-electron chi connectivity index (χ3n) is 3.57. The number of nitrogens with one attached hydrogen (secondary N) is 1. The van der Waals surface area contributed by atoms with Crippen LogP contribution in [0.5, 0.6) is 0 Å². The molecule has 0 bridgehead atoms. The minimum Gasteiger partial charge on any atom is -0.376 e. The van der Waals surface area contributed by atoms with E-state index in [1.165, 1.54) is 12.8 Å². The number of pyridine rings is 1. The van der Waals surface area contributed by atoms with E-state index in [0.717, 1.165) is 6.42 Å². The van der Waals surface area contributed by atoms with Crippen LogP contribution < -0.4 is 5.32 Å². The van der Waals surface area contributed by atoms with Crippen LogP contribution in [-0.2, 0) is 4.74 Å². The smallest absolute Gasteiger partial charge is 0.271 e. The van der Waals surface area contributed by atoms with Gasteiger partial charge in [-0.15, -0.1) is 0 Å². The van der Waals surface area contributed by atoms with Gasteiger partial charge >= 0.3 is 0 Å². The van der Waals surface area contributed by atoms with E-state index in [0.29, 0.717) is 17.5 Å². The largest absolute Gasteiger partial charge is 0.376 e. The van der Waals surface area contributed by atoms with Crippen LogP contribution in [0, 0.1) is 5.92 Å². The van der Waals surface area contributed by atoms with Crippen LogP contribution >= 0.6 is 23.2 Å². The molecule has 2 fully saturated rings. The summed E-state index contributed by atoms with van der Waals surface area (Å²) in [5.41, 5.74) is 0.176. The predicted octanol–water partition coefficient (Wildman–Crippen LogP) is 2.69. The van der Waals surface area contributed by atoms with Crippen LogP contribution in [0.2, 0.25) is 10.2 Å². The predicted molar refractivity (Wildman–Crippen MR) is 72.6 cm³/mol. The molecule has 0 radical (unpaired) electrons. The Labute approximate surface area is 121 Å². The monoisotopic (exact) mass is 300 g/mol. The summed E-state index contributed by atoms with van der Waals surface area (Å²) in [6.07, 6.45) is 3.35. The molecule has 102 valence electrons. The van der Waals surface area contributed by atoms with Gasteiger partial charge in [-0.3, -0.25) is 4.79 Å². The highest BCUT2D eigenvalue weighted by Crippen LogP contribution is 2.38. The van der Waals surface area contributed by atoms with E-state index < -0.39 is 0 Å². The van der Waals surface area contributed by atoms with Crippen molar-refractivity contribution >= 4 is 29.1 Å². The molecule has 2 unspecified atom stereocenters. The summed E-state index contributed by atoms with van der Waals surface area (Å²) in [6, 6.07) is 3.19. The number of amides is 1. The van der Waals surface area contributed by atoms with Crippen molar-refractivity contribution in [2.45, 2.75) is 31.4 Å². The molecule has 2 heterocycles. The van der Waals surface area contributed by atoms with Gasteiger partial charge in [-0.2, -0.15) is 0 Å². The quantitative estimate of drug-likeness (QED) is 0.873. The third kappa shape index (κ3) is 2.86. The van der Waals surface area contributed by atoms with Crippen LogP contribution in [0.25, 0.3) is 0 Å². The molecule has 1 aromatic rings. The zero-order valence-electron chi connectivity index (χ0n) is 10.2. The number of hydrogen-bond donors (Lipinski definition) is 1. The maximum absolute atomic E-state index is 12.2. The lowest BCUT2D eigenvalue weighted by Gasteiger charge is -2.19. The molecule has 1 saturated carbocycles. The van der Waals surface area contributed by atoms with Crippen molar-refractivity contribution in [3.8, 4) is 0 Å². The van der Waals surface area contributed by atoms with Crippen LogP contribution in [0.3, 0.4) is 0 Å². The summed E-state index contributed by atoms with van der Waals surface area (Å²) in [7, 11) is 0. The first-order valence-corrected chi connectivity index (χ1v) is 7.15. The standard InChI is InChI=1S/C13H14Cl2N2O2/c14-8-3-4-10(15)17-11(8)13(18)16-9-5-6-19-12(9)7-1-2-7/h3-4,7,9,12H,1-2,5-6H2,(H,16,18). The molecule has 2 aliphatic rings. The fraction of sp³-hybridized carbons (Fsp3) is 0.538. The highest BCUT2D eigenvalue weighted by molar-refractivity contribution is 6.34. The second-order valence-corrected chi connectivity index (χ2v) is 5.80. The molecule has 1 saturated heterocycles. The van der Waals surface area contributed by atoms with Gasteiger partial charge in [-0.05, 0) is 37.3 Å². The average Bonchev–Trinajstić information content (AvgIpc) is 3.13. The van der Waals surface area contributed by atoms with Gasteiger partial charge in [0.2, 0.25) is 0 Å². The van der Waals surface area contributed by atoms with Gasteiger partial charge in [0.25, 0.3) is 5.91 Å². The number of nitrogens with zero attached hydrogens (tertiary/aromatic N) is 1. The molecular formula is C13H14Cl2N2O2. The number of aromatic nitrogens is 1. The van der Waals surface area contributed by atoms with Crippen molar-refractivity contribution in [2.24, 2.45) is 5.92 Å². The van der Waals surface area contributed by atoms with Gasteiger partial charge in [-0.1, -0.05) is 23.2 Å². The van der Waals surface area contributed by atoms with E-state index in [1.54, 1.807) is 12.1 Å². The third-order valence-corrected chi connectivity index (χ3v) is 4.08. The van der Waals surface area contributed by atoms with E-state index in [-0.39, 0.29) is 28.9 Å². The summed E-state index contributed by atoms with van der Waals surface area (Å²) in [5, 5.41) is 3.53. The molecule has 2 atom stereocenters. The topological polar surface area (TPSA) is 51.2 Å². The van der Waals surface area contributed by atoms with Crippen molar-refractivity contribution in [1.82, 2.24) is 10.3 Å². The van der Waals surface area contributed by atoms with Crippen LogP contribution in [0.1, 0.15) is 29.8 Å². The summed E-state index contributed by atoms with van der Waals surface area (Å²) in [5.74, 6) is 0.309. The minimum atomic E-state index is -0.284. The van der Waals surface area contributed by atoms with E-state index in [2.05, 4.69) is 10.3 Å². The number of rotatable bonds is 3. The Morgan fingerprint density at radius 2 is 2.11 bits per heavy atom. The van der Waals surface area contributed by atoms with Gasteiger partial charge in [0.15, 0.2) is 0 Å². The zero-order valence-corrected chi connectivity index (χ0v) is 11.7. The Bertz CT molecular complexity index is 505. The first-order chi connectivity index (χ1) is 9.15. The zero-order chi connectivity index (χ0) is 13.4. The van der Waals surface area contributed by atoms with Gasteiger partial charge < -0.3 is 10.1 Å². The molecule has 1 aliphatic heterocycles. The van der Waals surface area contributed by atoms with Gasteiger partial charge in [0.05, 0.1) is 17.2 Å². The summed E-state index contributed by atoms with van der Waals surface area (Å²) >= 11 is 11.8. The molecule has 1 amide bonds. The number of hydrogen-bond acceptors (Lipinski definition) is 3. The Hall–Kier alpha value is -0.840. The number of halogens is 2. The van der Waals surface area contributed by atoms with E-state index in [1.807, 2.05) is 0 Å².